The summed E-state index contributed by atoms with van der Waals surface area (Å²) in [5.41, 5.74) is 5.20. The van der Waals surface area contributed by atoms with Crippen molar-refractivity contribution in [1.29, 1.82) is 0 Å². The highest BCUT2D eigenvalue weighted by molar-refractivity contribution is 6.36. The highest BCUT2D eigenvalue weighted by Gasteiger charge is 2.30. The van der Waals surface area contributed by atoms with Crippen LogP contribution in [0.2, 0.25) is 10.0 Å². The third kappa shape index (κ3) is 3.66. The Labute approximate surface area is 132 Å². The van der Waals surface area contributed by atoms with Gasteiger partial charge in [0.15, 0.2) is 0 Å². The Hall–Kier alpha value is -1.33. The minimum absolute atomic E-state index is 0.00767. The summed E-state index contributed by atoms with van der Waals surface area (Å²) in [5, 5.41) is -0.0993. The van der Waals surface area contributed by atoms with Crippen LogP contribution >= 0.6 is 23.2 Å². The third-order valence-corrected chi connectivity index (χ3v) is 4.20. The molecule has 0 bridgehead atoms. The SMILES string of the molecule is NC(=O)CN(C(=O)c1cc(F)c(Cl)cc1Cl)C1CCCC1. The van der Waals surface area contributed by atoms with E-state index in [-0.39, 0.29) is 28.2 Å². The van der Waals surface area contributed by atoms with Crippen molar-refractivity contribution < 1.29 is 14.0 Å². The second-order valence-corrected chi connectivity index (χ2v) is 5.90. The maximum absolute atomic E-state index is 13.6. The Bertz CT molecular complexity index is 574. The highest BCUT2D eigenvalue weighted by atomic mass is 35.5. The van der Waals surface area contributed by atoms with E-state index in [9.17, 15) is 14.0 Å². The van der Waals surface area contributed by atoms with E-state index in [1.165, 1.54) is 11.0 Å². The van der Waals surface area contributed by atoms with Crippen molar-refractivity contribution in [3.8, 4) is 0 Å². The summed E-state index contributed by atoms with van der Waals surface area (Å²) in [7, 11) is 0. The molecule has 2 amide bonds. The fourth-order valence-corrected chi connectivity index (χ4v) is 3.06. The predicted octanol–water partition coefficient (Wildman–Crippen LogP) is 3.00. The minimum Gasteiger partial charge on any atom is -0.368 e. The lowest BCUT2D eigenvalue weighted by Crippen LogP contribution is -2.44. The van der Waals surface area contributed by atoms with Crippen LogP contribution in [0.4, 0.5) is 4.39 Å². The van der Waals surface area contributed by atoms with Crippen LogP contribution in [0.3, 0.4) is 0 Å². The first-order valence-electron chi connectivity index (χ1n) is 6.64. The molecular weight excluding hydrogens is 318 g/mol. The number of nitrogens with zero attached hydrogens (tertiary/aromatic N) is 1. The van der Waals surface area contributed by atoms with Crippen LogP contribution in [0.25, 0.3) is 0 Å². The summed E-state index contributed by atoms with van der Waals surface area (Å²) >= 11 is 11.6. The zero-order valence-electron chi connectivity index (χ0n) is 11.2. The van der Waals surface area contributed by atoms with E-state index in [4.69, 9.17) is 28.9 Å². The molecule has 0 atom stereocenters. The lowest BCUT2D eigenvalue weighted by Gasteiger charge is -2.28. The number of hydrogen-bond donors (Lipinski definition) is 1. The lowest BCUT2D eigenvalue weighted by atomic mass is 10.1. The van der Waals surface area contributed by atoms with Gasteiger partial charge in [0, 0.05) is 6.04 Å². The number of rotatable bonds is 4. The van der Waals surface area contributed by atoms with Crippen molar-refractivity contribution in [2.24, 2.45) is 5.73 Å². The summed E-state index contributed by atoms with van der Waals surface area (Å²) in [6.45, 7) is -0.204. The van der Waals surface area contributed by atoms with Crippen LogP contribution in [-0.2, 0) is 4.79 Å². The van der Waals surface area contributed by atoms with Crippen molar-refractivity contribution in [3.63, 3.8) is 0 Å². The van der Waals surface area contributed by atoms with E-state index in [0.29, 0.717) is 0 Å². The second kappa shape index (κ2) is 6.62. The van der Waals surface area contributed by atoms with E-state index in [1.54, 1.807) is 0 Å². The van der Waals surface area contributed by atoms with Gasteiger partial charge in [-0.25, -0.2) is 4.39 Å². The largest absolute Gasteiger partial charge is 0.368 e. The molecule has 1 saturated carbocycles. The van der Waals surface area contributed by atoms with Crippen molar-refractivity contribution in [1.82, 2.24) is 4.90 Å². The Kier molecular flexibility index (Phi) is 5.06. The monoisotopic (exact) mass is 332 g/mol. The molecular formula is C14H15Cl2FN2O2. The smallest absolute Gasteiger partial charge is 0.256 e. The van der Waals surface area contributed by atoms with Crippen LogP contribution in [0.5, 0.6) is 0 Å². The zero-order valence-corrected chi connectivity index (χ0v) is 12.8. The molecule has 0 aromatic heterocycles. The van der Waals surface area contributed by atoms with E-state index in [2.05, 4.69) is 0 Å². The van der Waals surface area contributed by atoms with E-state index < -0.39 is 17.6 Å². The van der Waals surface area contributed by atoms with Gasteiger partial charge in [-0.1, -0.05) is 36.0 Å². The summed E-state index contributed by atoms with van der Waals surface area (Å²) in [6, 6.07) is 2.11. The van der Waals surface area contributed by atoms with Gasteiger partial charge in [-0.05, 0) is 25.0 Å². The topological polar surface area (TPSA) is 63.4 Å². The van der Waals surface area contributed by atoms with Crippen molar-refractivity contribution in [2.75, 3.05) is 6.54 Å². The highest BCUT2D eigenvalue weighted by Crippen LogP contribution is 2.29. The number of carbonyl (C=O) groups excluding carboxylic acids is 2. The molecule has 1 aromatic carbocycles. The molecule has 0 aliphatic heterocycles. The molecule has 0 radical (unpaired) electrons. The number of primary amides is 1. The molecule has 114 valence electrons. The van der Waals surface area contributed by atoms with E-state index in [0.717, 1.165) is 31.7 Å². The Morgan fingerprint density at radius 3 is 2.43 bits per heavy atom. The maximum Gasteiger partial charge on any atom is 0.256 e. The Balaban J connectivity index is 2.33. The molecule has 21 heavy (non-hydrogen) atoms. The molecule has 2 rings (SSSR count). The molecule has 0 unspecified atom stereocenters. The summed E-state index contributed by atoms with van der Waals surface area (Å²) < 4.78 is 13.6. The average molecular weight is 333 g/mol. The van der Waals surface area contributed by atoms with Gasteiger partial charge in [0.25, 0.3) is 5.91 Å². The number of hydrogen-bond acceptors (Lipinski definition) is 2. The van der Waals surface area contributed by atoms with Gasteiger partial charge in [0.05, 0.1) is 22.2 Å². The second-order valence-electron chi connectivity index (χ2n) is 5.08. The third-order valence-electron chi connectivity index (χ3n) is 3.59. The van der Waals surface area contributed by atoms with Gasteiger partial charge in [-0.15, -0.1) is 0 Å². The van der Waals surface area contributed by atoms with E-state index in [1.807, 2.05) is 0 Å². The zero-order chi connectivity index (χ0) is 15.6. The summed E-state index contributed by atoms with van der Waals surface area (Å²) in [6.07, 6.45) is 3.56. The fourth-order valence-electron chi connectivity index (χ4n) is 2.59. The predicted molar refractivity (Wildman–Crippen MR) is 78.9 cm³/mol. The number of benzene rings is 1. The lowest BCUT2D eigenvalue weighted by molar-refractivity contribution is -0.119. The number of nitrogens with two attached hydrogens (primary N) is 1. The Morgan fingerprint density at radius 1 is 1.24 bits per heavy atom. The van der Waals surface area contributed by atoms with Gasteiger partial charge in [0.1, 0.15) is 5.82 Å². The van der Waals surface area contributed by atoms with Gasteiger partial charge in [-0.2, -0.15) is 0 Å². The normalized spacial score (nSPS) is 15.2. The van der Waals surface area contributed by atoms with Crippen LogP contribution in [0.1, 0.15) is 36.0 Å². The molecule has 1 aliphatic carbocycles. The Morgan fingerprint density at radius 2 is 1.86 bits per heavy atom. The summed E-state index contributed by atoms with van der Waals surface area (Å²) in [4.78, 5) is 25.2. The van der Waals surface area contributed by atoms with Gasteiger partial charge >= 0.3 is 0 Å². The molecule has 2 N–H and O–H groups in total. The average Bonchev–Trinajstić information content (AvgIpc) is 2.93. The van der Waals surface area contributed by atoms with Crippen LogP contribution < -0.4 is 5.73 Å². The number of carbonyl (C=O) groups is 2. The first-order chi connectivity index (χ1) is 9.90. The first kappa shape index (κ1) is 16.0. The molecule has 0 heterocycles. The van der Waals surface area contributed by atoms with E-state index >= 15 is 0 Å². The molecule has 1 aromatic rings. The fraction of sp³-hybridized carbons (Fsp3) is 0.429. The van der Waals surface area contributed by atoms with Crippen LogP contribution in [0.15, 0.2) is 12.1 Å². The molecule has 4 nitrogen and oxygen atoms in total. The molecule has 7 heteroatoms. The molecule has 1 fully saturated rings. The molecule has 0 saturated heterocycles. The quantitative estimate of drug-likeness (QED) is 0.861. The van der Waals surface area contributed by atoms with Crippen molar-refractivity contribution in [3.05, 3.63) is 33.6 Å². The summed E-state index contributed by atoms with van der Waals surface area (Å²) in [5.74, 6) is -1.84. The van der Waals surface area contributed by atoms with Crippen LogP contribution in [-0.4, -0.2) is 29.3 Å². The number of halogens is 3. The number of amides is 2. The minimum atomic E-state index is -0.727. The van der Waals surface area contributed by atoms with Gasteiger partial charge in [0.2, 0.25) is 5.91 Å². The standard InChI is InChI=1S/C14H15Cl2FN2O2/c15-10-6-11(16)12(17)5-9(10)14(21)19(7-13(18)20)8-3-1-2-4-8/h5-6,8H,1-4,7H2,(H2,18,20). The van der Waals surface area contributed by atoms with Crippen molar-refractivity contribution in [2.45, 2.75) is 31.7 Å². The molecule has 1 aliphatic rings. The van der Waals surface area contributed by atoms with Crippen LogP contribution in [0, 0.1) is 5.82 Å². The van der Waals surface area contributed by atoms with Gasteiger partial charge in [-0.3, -0.25) is 9.59 Å². The first-order valence-corrected chi connectivity index (χ1v) is 7.39. The van der Waals surface area contributed by atoms with Crippen molar-refractivity contribution >= 4 is 35.0 Å². The molecule has 0 spiro atoms. The maximum atomic E-state index is 13.6. The van der Waals surface area contributed by atoms with Gasteiger partial charge < -0.3 is 10.6 Å².